The third-order valence-electron chi connectivity index (χ3n) is 5.51. The molecule has 0 fully saturated rings. The number of carbonyl (C=O) groups is 1. The van der Waals surface area contributed by atoms with Crippen molar-refractivity contribution in [3.05, 3.63) is 115 Å². The summed E-state index contributed by atoms with van der Waals surface area (Å²) < 4.78 is 0. The van der Waals surface area contributed by atoms with Crippen LogP contribution in [0.5, 0.6) is 0 Å². The van der Waals surface area contributed by atoms with Gasteiger partial charge in [-0.05, 0) is 53.4 Å². The summed E-state index contributed by atoms with van der Waals surface area (Å²) in [5.41, 5.74) is 8.66. The van der Waals surface area contributed by atoms with Crippen LogP contribution in [0.4, 0.5) is 11.4 Å². The molecule has 4 rings (SSSR count). The molecule has 0 radical (unpaired) electrons. The number of allylic oxidation sites excluding steroid dienone is 1. The fourth-order valence-electron chi connectivity index (χ4n) is 3.93. The number of non-ortho nitro benzene ring substituents is 1. The number of nitrogens with zero attached hydrogens (tertiary/aromatic N) is 3. The largest absolute Gasteiger partial charge is 0.397 e. The first-order valence-corrected chi connectivity index (χ1v) is 12.8. The number of thiophene rings is 1. The molecule has 7 nitrogen and oxygen atoms in total. The summed E-state index contributed by atoms with van der Waals surface area (Å²) in [6, 6.07) is 20.7. The summed E-state index contributed by atoms with van der Waals surface area (Å²) in [6.07, 6.45) is 0.869. The Morgan fingerprint density at radius 2 is 1.89 bits per heavy atom. The minimum absolute atomic E-state index is 0.0454. The Balaban J connectivity index is 1.99. The van der Waals surface area contributed by atoms with E-state index in [2.05, 4.69) is 13.0 Å². The maximum Gasteiger partial charge on any atom is 0.269 e. The minimum atomic E-state index is -0.651. The summed E-state index contributed by atoms with van der Waals surface area (Å²) in [7, 11) is 0. The van der Waals surface area contributed by atoms with Crippen LogP contribution < -0.4 is 10.6 Å². The second-order valence-electron chi connectivity index (χ2n) is 7.73. The van der Waals surface area contributed by atoms with Crippen LogP contribution in [0.25, 0.3) is 0 Å². The van der Waals surface area contributed by atoms with Gasteiger partial charge in [0.2, 0.25) is 5.78 Å². The number of nitro groups is 1. The van der Waals surface area contributed by atoms with Crippen molar-refractivity contribution in [2.75, 3.05) is 10.7 Å². The molecule has 176 valence electrons. The fraction of sp³-hybridized carbons (Fsp3) is 0.154. The molecule has 0 saturated heterocycles. The first-order valence-electron chi connectivity index (χ1n) is 10.9. The highest BCUT2D eigenvalue weighted by Gasteiger charge is 2.39. The van der Waals surface area contributed by atoms with Gasteiger partial charge < -0.3 is 10.6 Å². The molecule has 0 amide bonds. The Bertz CT molecular complexity index is 1340. The van der Waals surface area contributed by atoms with Gasteiger partial charge in [-0.15, -0.1) is 23.1 Å². The SMILES string of the molecule is CCCSC1=C(C(=O)c2cccs2)C(N)=C(C#N)C(c2ccc([N+](=O)[O-])cc2)N1c1ccccc1. The Kier molecular flexibility index (Phi) is 7.34. The third-order valence-corrected chi connectivity index (χ3v) is 7.67. The Morgan fingerprint density at radius 1 is 1.17 bits per heavy atom. The minimum Gasteiger partial charge on any atom is -0.397 e. The summed E-state index contributed by atoms with van der Waals surface area (Å²) >= 11 is 2.84. The Hall–Kier alpha value is -3.87. The smallest absolute Gasteiger partial charge is 0.269 e. The van der Waals surface area contributed by atoms with Gasteiger partial charge in [-0.3, -0.25) is 14.9 Å². The van der Waals surface area contributed by atoms with Gasteiger partial charge in [-0.25, -0.2) is 0 Å². The molecule has 1 unspecified atom stereocenters. The molecule has 2 N–H and O–H groups in total. The van der Waals surface area contributed by atoms with Gasteiger partial charge in [-0.2, -0.15) is 5.26 Å². The van der Waals surface area contributed by atoms with E-state index < -0.39 is 11.0 Å². The first kappa shape index (κ1) is 24.3. The van der Waals surface area contributed by atoms with Crippen LogP contribution in [0.15, 0.2) is 94.0 Å². The van der Waals surface area contributed by atoms with Crippen molar-refractivity contribution in [1.82, 2.24) is 0 Å². The van der Waals surface area contributed by atoms with E-state index in [4.69, 9.17) is 5.73 Å². The number of anilines is 1. The number of ketones is 1. The van der Waals surface area contributed by atoms with Gasteiger partial charge in [0.05, 0.1) is 43.8 Å². The molecule has 35 heavy (non-hydrogen) atoms. The van der Waals surface area contributed by atoms with Gasteiger partial charge in [0.15, 0.2) is 0 Å². The first-order chi connectivity index (χ1) is 17.0. The molecule has 9 heteroatoms. The third kappa shape index (κ3) is 4.71. The second kappa shape index (κ2) is 10.6. The van der Waals surface area contributed by atoms with E-state index in [9.17, 15) is 20.2 Å². The highest BCUT2D eigenvalue weighted by molar-refractivity contribution is 8.03. The van der Waals surface area contributed by atoms with Crippen LogP contribution in [0.1, 0.15) is 34.6 Å². The Morgan fingerprint density at radius 3 is 2.46 bits per heavy atom. The molecule has 1 aliphatic rings. The number of hydrogen-bond acceptors (Lipinski definition) is 8. The Labute approximate surface area is 211 Å². The van der Waals surface area contributed by atoms with Gasteiger partial charge in [0, 0.05) is 17.8 Å². The molecule has 0 spiro atoms. The van der Waals surface area contributed by atoms with E-state index in [0.29, 0.717) is 21.0 Å². The number of Topliss-reactive ketones (excluding diaryl/α,β-unsaturated/α-hetero) is 1. The number of rotatable bonds is 8. The quantitative estimate of drug-likeness (QED) is 0.222. The van der Waals surface area contributed by atoms with Gasteiger partial charge in [-0.1, -0.05) is 31.2 Å². The number of thioether (sulfide) groups is 1. The maximum absolute atomic E-state index is 13.7. The van der Waals surface area contributed by atoms with Gasteiger partial charge >= 0.3 is 0 Å². The van der Waals surface area contributed by atoms with Gasteiger partial charge in [0.25, 0.3) is 5.69 Å². The number of benzene rings is 2. The molecular formula is C26H22N4O3S2. The lowest BCUT2D eigenvalue weighted by Crippen LogP contribution is -2.36. The highest BCUT2D eigenvalue weighted by Crippen LogP contribution is 2.47. The van der Waals surface area contributed by atoms with E-state index in [1.807, 2.05) is 40.6 Å². The van der Waals surface area contributed by atoms with Crippen molar-refractivity contribution in [1.29, 1.82) is 5.26 Å². The lowest BCUT2D eigenvalue weighted by Gasteiger charge is -2.40. The topological polar surface area (TPSA) is 113 Å². The second-order valence-corrected chi connectivity index (χ2v) is 9.76. The molecule has 0 saturated carbocycles. The number of nitro benzene ring substituents is 1. The van der Waals surface area contributed by atoms with Crippen molar-refractivity contribution >= 4 is 40.3 Å². The molecule has 3 aromatic rings. The molecule has 2 aromatic carbocycles. The average molecular weight is 503 g/mol. The van der Waals surface area contributed by atoms with E-state index in [1.165, 1.54) is 35.2 Å². The zero-order chi connectivity index (χ0) is 24.9. The number of para-hydroxylation sites is 1. The number of hydrogen-bond donors (Lipinski definition) is 1. The fourth-order valence-corrected chi connectivity index (χ4v) is 5.69. The molecule has 0 bridgehead atoms. The van der Waals surface area contributed by atoms with Gasteiger partial charge in [0.1, 0.15) is 0 Å². The molecule has 1 aromatic heterocycles. The highest BCUT2D eigenvalue weighted by atomic mass is 32.2. The monoisotopic (exact) mass is 502 g/mol. The normalized spacial score (nSPS) is 15.8. The van der Waals surface area contributed by atoms with Crippen molar-refractivity contribution in [3.63, 3.8) is 0 Å². The average Bonchev–Trinajstić information content (AvgIpc) is 3.42. The van der Waals surface area contributed by atoms with Crippen molar-refractivity contribution < 1.29 is 9.72 Å². The van der Waals surface area contributed by atoms with Crippen molar-refractivity contribution in [2.24, 2.45) is 5.73 Å². The summed E-state index contributed by atoms with van der Waals surface area (Å²) in [5, 5.41) is 23.9. The number of nitriles is 1. The van der Waals surface area contributed by atoms with Crippen molar-refractivity contribution in [3.8, 4) is 6.07 Å². The number of nitrogens with two attached hydrogens (primary N) is 1. The summed E-state index contributed by atoms with van der Waals surface area (Å²) in [6.45, 7) is 2.05. The van der Waals surface area contributed by atoms with Crippen molar-refractivity contribution in [2.45, 2.75) is 19.4 Å². The summed E-state index contributed by atoms with van der Waals surface area (Å²) in [5.74, 6) is 0.508. The molecule has 2 heterocycles. The van der Waals surface area contributed by atoms with Crippen LogP contribution in [0.3, 0.4) is 0 Å². The van der Waals surface area contributed by atoms with E-state index in [1.54, 1.807) is 24.3 Å². The zero-order valence-electron chi connectivity index (χ0n) is 18.9. The molecule has 1 atom stereocenters. The van der Waals surface area contributed by atoms with Crippen LogP contribution in [0.2, 0.25) is 0 Å². The molecular weight excluding hydrogens is 480 g/mol. The summed E-state index contributed by atoms with van der Waals surface area (Å²) in [4.78, 5) is 26.9. The molecule has 1 aliphatic heterocycles. The maximum atomic E-state index is 13.7. The van der Waals surface area contributed by atoms with E-state index >= 15 is 0 Å². The standard InChI is InChI=1S/C26H22N4O3S2/c1-2-14-35-26-22(25(31)21-9-6-15-34-21)23(28)20(16-27)24(29(26)18-7-4-3-5-8-18)17-10-12-19(13-11-17)30(32)33/h3-13,15,24H,2,14,28H2,1H3. The predicted octanol–water partition coefficient (Wildman–Crippen LogP) is 6.19. The van der Waals surface area contributed by atoms with E-state index in [0.717, 1.165) is 17.9 Å². The van der Waals surface area contributed by atoms with E-state index in [-0.39, 0.29) is 22.7 Å². The molecule has 0 aliphatic carbocycles. The van der Waals surface area contributed by atoms with Crippen LogP contribution in [0, 0.1) is 21.4 Å². The number of carbonyl (C=O) groups excluding carboxylic acids is 1. The van der Waals surface area contributed by atoms with Crippen LogP contribution >= 0.6 is 23.1 Å². The lowest BCUT2D eigenvalue weighted by atomic mass is 9.89. The van der Waals surface area contributed by atoms with Crippen LogP contribution in [-0.2, 0) is 0 Å². The zero-order valence-corrected chi connectivity index (χ0v) is 20.5. The van der Waals surface area contributed by atoms with Crippen LogP contribution in [-0.4, -0.2) is 16.5 Å². The lowest BCUT2D eigenvalue weighted by molar-refractivity contribution is -0.384. The predicted molar refractivity (Wildman–Crippen MR) is 140 cm³/mol.